The Bertz CT molecular complexity index is 3230. The second-order valence-electron chi connectivity index (χ2n) is 15.4. The molecule has 3 aromatic heterocycles. The SMILES string of the molecule is COc1cccc2c1ccn2-c1ccc(C(=O)c2cc(C(=O)c3ccc(Oc4cccc5c4ccn5C)cc3)cc(C(=O)c3ccc(Oc4cccc5c4ccn5C)cc3)c2)cc1. The second kappa shape index (κ2) is 15.9. The topological polar surface area (TPSA) is 93.7 Å². The molecule has 7 aromatic carbocycles. The first-order chi connectivity index (χ1) is 30.7. The Kier molecular flexibility index (Phi) is 9.76. The first-order valence-electron chi connectivity index (χ1n) is 20.4. The summed E-state index contributed by atoms with van der Waals surface area (Å²) < 4.78 is 24.1. The van der Waals surface area contributed by atoms with Gasteiger partial charge in [0, 0.05) is 87.9 Å². The van der Waals surface area contributed by atoms with E-state index in [0.717, 1.165) is 44.1 Å². The normalized spacial score (nSPS) is 11.3. The lowest BCUT2D eigenvalue weighted by atomic mass is 9.92. The first kappa shape index (κ1) is 38.8. The van der Waals surface area contributed by atoms with Crippen LogP contribution in [0.4, 0.5) is 0 Å². The largest absolute Gasteiger partial charge is 0.496 e. The predicted octanol–water partition coefficient (Wildman–Crippen LogP) is 11.9. The number of carbonyl (C=O) groups excluding carboxylic acids is 3. The molecule has 0 saturated carbocycles. The molecule has 3 heterocycles. The lowest BCUT2D eigenvalue weighted by molar-refractivity contribution is 0.103. The highest BCUT2D eigenvalue weighted by Gasteiger charge is 2.21. The van der Waals surface area contributed by atoms with Crippen molar-refractivity contribution in [1.82, 2.24) is 13.7 Å². The molecule has 10 aromatic rings. The molecule has 63 heavy (non-hydrogen) atoms. The summed E-state index contributed by atoms with van der Waals surface area (Å²) in [6.45, 7) is 0. The zero-order valence-electron chi connectivity index (χ0n) is 34.6. The first-order valence-corrected chi connectivity index (χ1v) is 20.4. The average molecular weight is 826 g/mol. The Balaban J connectivity index is 0.959. The Morgan fingerprint density at radius 1 is 0.397 bits per heavy atom. The molecule has 0 spiro atoms. The van der Waals surface area contributed by atoms with Crippen LogP contribution in [0.1, 0.15) is 47.8 Å². The summed E-state index contributed by atoms with van der Waals surface area (Å²) >= 11 is 0. The van der Waals surface area contributed by atoms with Gasteiger partial charge in [0.2, 0.25) is 0 Å². The molecule has 0 atom stereocenters. The number of rotatable bonds is 12. The molecule has 9 heteroatoms. The van der Waals surface area contributed by atoms with E-state index in [2.05, 4.69) is 0 Å². The summed E-state index contributed by atoms with van der Waals surface area (Å²) in [6.07, 6.45) is 5.92. The van der Waals surface area contributed by atoms with E-state index in [9.17, 15) is 14.4 Å². The quantitative estimate of drug-likeness (QED) is 0.114. The van der Waals surface area contributed by atoms with Gasteiger partial charge in [-0.3, -0.25) is 14.4 Å². The van der Waals surface area contributed by atoms with Crippen LogP contribution in [0, 0.1) is 0 Å². The molecule has 10 rings (SSSR count). The van der Waals surface area contributed by atoms with Crippen molar-refractivity contribution in [2.24, 2.45) is 14.1 Å². The van der Waals surface area contributed by atoms with Gasteiger partial charge in [-0.05, 0) is 146 Å². The molecule has 0 aliphatic heterocycles. The van der Waals surface area contributed by atoms with Gasteiger partial charge in [-0.25, -0.2) is 0 Å². The molecule has 0 saturated heterocycles. The summed E-state index contributed by atoms with van der Waals surface area (Å²) in [5.74, 6) is 2.26. The van der Waals surface area contributed by atoms with Crippen molar-refractivity contribution in [3.05, 3.63) is 216 Å². The van der Waals surface area contributed by atoms with Crippen LogP contribution in [0.2, 0.25) is 0 Å². The van der Waals surface area contributed by atoms with Gasteiger partial charge < -0.3 is 27.9 Å². The van der Waals surface area contributed by atoms with Gasteiger partial charge in [-0.15, -0.1) is 0 Å². The Hall–Kier alpha value is -8.43. The average Bonchev–Trinajstić information content (AvgIpc) is 4.06. The van der Waals surface area contributed by atoms with Gasteiger partial charge >= 0.3 is 0 Å². The lowest BCUT2D eigenvalue weighted by Gasteiger charge is -2.12. The number of benzene rings is 7. The summed E-state index contributed by atoms with van der Waals surface area (Å²) in [5.41, 5.74) is 5.65. The Labute approximate surface area is 362 Å². The zero-order chi connectivity index (χ0) is 43.2. The molecule has 0 fully saturated rings. The van der Waals surface area contributed by atoms with Gasteiger partial charge in [0.1, 0.15) is 28.7 Å². The number of hydrogen-bond donors (Lipinski definition) is 0. The maximum Gasteiger partial charge on any atom is 0.193 e. The molecule has 0 radical (unpaired) electrons. The minimum absolute atomic E-state index is 0.201. The van der Waals surface area contributed by atoms with Crippen LogP contribution in [0.3, 0.4) is 0 Å². The van der Waals surface area contributed by atoms with Crippen LogP contribution >= 0.6 is 0 Å². The van der Waals surface area contributed by atoms with Crippen LogP contribution in [-0.2, 0) is 14.1 Å². The van der Waals surface area contributed by atoms with Crippen molar-refractivity contribution in [2.75, 3.05) is 7.11 Å². The van der Waals surface area contributed by atoms with E-state index >= 15 is 0 Å². The number of aromatic nitrogens is 3. The Morgan fingerprint density at radius 3 is 1.22 bits per heavy atom. The van der Waals surface area contributed by atoms with Crippen molar-refractivity contribution >= 4 is 50.1 Å². The van der Waals surface area contributed by atoms with E-state index < -0.39 is 0 Å². The van der Waals surface area contributed by atoms with Crippen LogP contribution < -0.4 is 14.2 Å². The molecule has 306 valence electrons. The summed E-state index contributed by atoms with van der Waals surface area (Å²) in [5, 5.41) is 2.91. The van der Waals surface area contributed by atoms with Crippen molar-refractivity contribution in [3.63, 3.8) is 0 Å². The fraction of sp³-hybridized carbons (Fsp3) is 0.0556. The van der Waals surface area contributed by atoms with Crippen LogP contribution in [0.15, 0.2) is 182 Å². The molecule has 0 bridgehead atoms. The molecule has 0 aliphatic rings. The number of hydrogen-bond acceptors (Lipinski definition) is 6. The predicted molar refractivity (Wildman–Crippen MR) is 245 cm³/mol. The lowest BCUT2D eigenvalue weighted by Crippen LogP contribution is -2.11. The van der Waals surface area contributed by atoms with Crippen molar-refractivity contribution in [2.45, 2.75) is 0 Å². The van der Waals surface area contributed by atoms with Gasteiger partial charge in [0.25, 0.3) is 0 Å². The van der Waals surface area contributed by atoms with Crippen LogP contribution in [0.25, 0.3) is 38.4 Å². The second-order valence-corrected chi connectivity index (χ2v) is 15.4. The molecular formula is C54H39N3O6. The van der Waals surface area contributed by atoms with Gasteiger partial charge in [0.15, 0.2) is 17.3 Å². The van der Waals surface area contributed by atoms with Crippen molar-refractivity contribution in [3.8, 4) is 34.4 Å². The number of carbonyl (C=O) groups is 3. The fourth-order valence-electron chi connectivity index (χ4n) is 8.17. The molecule has 9 nitrogen and oxygen atoms in total. The van der Waals surface area contributed by atoms with E-state index in [1.807, 2.05) is 131 Å². The highest BCUT2D eigenvalue weighted by molar-refractivity contribution is 6.17. The van der Waals surface area contributed by atoms with E-state index in [4.69, 9.17) is 14.2 Å². The van der Waals surface area contributed by atoms with E-state index in [1.54, 1.807) is 86.0 Å². The third kappa shape index (κ3) is 7.21. The van der Waals surface area contributed by atoms with Crippen LogP contribution in [0.5, 0.6) is 28.7 Å². The molecule has 0 amide bonds. The third-order valence-electron chi connectivity index (χ3n) is 11.5. The minimum atomic E-state index is -0.348. The number of aryl methyl sites for hydroxylation is 2. The van der Waals surface area contributed by atoms with Gasteiger partial charge in [-0.1, -0.05) is 18.2 Å². The number of ketones is 3. The molecular weight excluding hydrogens is 787 g/mol. The maximum absolute atomic E-state index is 14.3. The number of nitrogens with zero attached hydrogens (tertiary/aromatic N) is 3. The highest BCUT2D eigenvalue weighted by Crippen LogP contribution is 2.33. The van der Waals surface area contributed by atoms with E-state index in [0.29, 0.717) is 39.7 Å². The number of ether oxygens (including phenoxy) is 3. The molecule has 0 N–H and O–H groups in total. The highest BCUT2D eigenvalue weighted by atomic mass is 16.5. The van der Waals surface area contributed by atoms with Crippen molar-refractivity contribution in [1.29, 1.82) is 0 Å². The summed E-state index contributed by atoms with van der Waals surface area (Å²) in [7, 11) is 5.60. The van der Waals surface area contributed by atoms with Crippen molar-refractivity contribution < 1.29 is 28.6 Å². The van der Waals surface area contributed by atoms with E-state index in [1.165, 1.54) is 0 Å². The smallest absolute Gasteiger partial charge is 0.193 e. The molecule has 0 aliphatic carbocycles. The van der Waals surface area contributed by atoms with Crippen LogP contribution in [-0.4, -0.2) is 38.2 Å². The molecule has 0 unspecified atom stereocenters. The number of methoxy groups -OCH3 is 1. The van der Waals surface area contributed by atoms with E-state index in [-0.39, 0.29) is 34.0 Å². The van der Waals surface area contributed by atoms with Gasteiger partial charge in [0.05, 0.1) is 23.7 Å². The minimum Gasteiger partial charge on any atom is -0.496 e. The standard InChI is InChI=1S/C54H39N3O6/c1-55-28-25-43-46(55)7-4-11-50(43)62-41-21-15-35(16-22-41)53(59)38-31-37(52(58)34-13-19-40(20-14-34)57-30-27-45-48(57)9-6-10-49(45)61-3)32-39(33-38)54(60)36-17-23-42(24-18-36)63-51-12-5-8-47-44(51)26-29-56(47)2/h4-33H,1-3H3. The fourth-order valence-corrected chi connectivity index (χ4v) is 8.17. The summed E-state index contributed by atoms with van der Waals surface area (Å²) in [6, 6.07) is 49.2. The Morgan fingerprint density at radius 2 is 0.778 bits per heavy atom. The zero-order valence-corrected chi connectivity index (χ0v) is 34.6. The monoisotopic (exact) mass is 825 g/mol. The third-order valence-corrected chi connectivity index (χ3v) is 11.5. The van der Waals surface area contributed by atoms with Gasteiger partial charge in [-0.2, -0.15) is 0 Å². The number of fused-ring (bicyclic) bond motifs is 3. The summed E-state index contributed by atoms with van der Waals surface area (Å²) in [4.78, 5) is 42.8. The maximum atomic E-state index is 14.3.